The van der Waals surface area contributed by atoms with Gasteiger partial charge in [-0.05, 0) is 18.2 Å². The normalized spacial score (nSPS) is 16.8. The summed E-state index contributed by atoms with van der Waals surface area (Å²) < 4.78 is 23.4. The van der Waals surface area contributed by atoms with Crippen molar-refractivity contribution in [3.63, 3.8) is 0 Å². The van der Waals surface area contributed by atoms with Gasteiger partial charge in [0.05, 0.1) is 18.8 Å². The number of esters is 1. The molecular formula is C12H13FO3S. The predicted molar refractivity (Wildman–Crippen MR) is 62.9 cm³/mol. The highest BCUT2D eigenvalue weighted by Crippen LogP contribution is 2.17. The average molecular weight is 256 g/mol. The summed E-state index contributed by atoms with van der Waals surface area (Å²) in [4.78, 5) is 11.9. The van der Waals surface area contributed by atoms with Crippen LogP contribution in [0.15, 0.2) is 23.1 Å². The Balaban J connectivity index is 2.01. The number of ether oxygens (including phenoxy) is 2. The number of halogens is 1. The van der Waals surface area contributed by atoms with Crippen molar-refractivity contribution in [3.8, 4) is 0 Å². The first-order chi connectivity index (χ1) is 8.16. The molecule has 1 aromatic carbocycles. The van der Waals surface area contributed by atoms with E-state index < -0.39 is 11.8 Å². The standard InChI is InChI=1S/C12H13FO3S/c13-10-2-1-8(7-11(10)17)12(14)16-9-3-5-15-6-4-9/h1-2,7,9,17H,3-6H2. The van der Waals surface area contributed by atoms with Crippen LogP contribution in [0.2, 0.25) is 0 Å². The number of rotatable bonds is 2. The highest BCUT2D eigenvalue weighted by Gasteiger charge is 2.19. The van der Waals surface area contributed by atoms with Gasteiger partial charge < -0.3 is 9.47 Å². The minimum atomic E-state index is -0.448. The zero-order chi connectivity index (χ0) is 12.3. The fourth-order valence-corrected chi connectivity index (χ4v) is 1.87. The topological polar surface area (TPSA) is 35.5 Å². The Kier molecular flexibility index (Phi) is 4.02. The van der Waals surface area contributed by atoms with Crippen molar-refractivity contribution in [1.82, 2.24) is 0 Å². The van der Waals surface area contributed by atoms with Crippen LogP contribution >= 0.6 is 12.6 Å². The number of hydrogen-bond donors (Lipinski definition) is 1. The van der Waals surface area contributed by atoms with Crippen molar-refractivity contribution in [2.75, 3.05) is 13.2 Å². The smallest absolute Gasteiger partial charge is 0.338 e. The molecule has 0 bridgehead atoms. The molecule has 5 heteroatoms. The van der Waals surface area contributed by atoms with Crippen molar-refractivity contribution in [2.45, 2.75) is 23.8 Å². The maximum Gasteiger partial charge on any atom is 0.338 e. The van der Waals surface area contributed by atoms with Crippen LogP contribution in [0.1, 0.15) is 23.2 Å². The van der Waals surface area contributed by atoms with Gasteiger partial charge in [-0.1, -0.05) is 0 Å². The van der Waals surface area contributed by atoms with Gasteiger partial charge in [-0.2, -0.15) is 0 Å². The van der Waals surface area contributed by atoms with Gasteiger partial charge in [0.1, 0.15) is 11.9 Å². The molecule has 1 saturated heterocycles. The summed E-state index contributed by atoms with van der Waals surface area (Å²) in [6.07, 6.45) is 1.31. The zero-order valence-electron chi connectivity index (χ0n) is 9.19. The first-order valence-corrected chi connectivity index (χ1v) is 5.89. The summed E-state index contributed by atoms with van der Waals surface area (Å²) in [5, 5.41) is 0. The van der Waals surface area contributed by atoms with Gasteiger partial charge >= 0.3 is 5.97 Å². The molecule has 0 radical (unpaired) electrons. The largest absolute Gasteiger partial charge is 0.459 e. The molecule has 0 amide bonds. The lowest BCUT2D eigenvalue weighted by Gasteiger charge is -2.22. The Hall–Kier alpha value is -1.07. The van der Waals surface area contributed by atoms with Gasteiger partial charge in [0.25, 0.3) is 0 Å². The first-order valence-electron chi connectivity index (χ1n) is 5.44. The molecule has 1 aromatic rings. The molecular weight excluding hydrogens is 243 g/mol. The van der Waals surface area contributed by atoms with Crippen LogP contribution in [-0.2, 0) is 9.47 Å². The molecule has 0 aromatic heterocycles. The predicted octanol–water partition coefficient (Wildman–Crippen LogP) is 2.45. The van der Waals surface area contributed by atoms with E-state index in [9.17, 15) is 9.18 Å². The van der Waals surface area contributed by atoms with E-state index in [0.29, 0.717) is 31.6 Å². The van der Waals surface area contributed by atoms with Gasteiger partial charge in [0, 0.05) is 17.7 Å². The van der Waals surface area contributed by atoms with Crippen molar-refractivity contribution >= 4 is 18.6 Å². The number of carbonyl (C=O) groups excluding carboxylic acids is 1. The third kappa shape index (κ3) is 3.20. The van der Waals surface area contributed by atoms with E-state index >= 15 is 0 Å². The Morgan fingerprint density at radius 2 is 2.12 bits per heavy atom. The number of carbonyl (C=O) groups is 1. The van der Waals surface area contributed by atoms with Crippen LogP contribution < -0.4 is 0 Å². The van der Waals surface area contributed by atoms with E-state index in [-0.39, 0.29) is 11.0 Å². The van der Waals surface area contributed by atoms with Crippen LogP contribution in [0.5, 0.6) is 0 Å². The van der Waals surface area contributed by atoms with Gasteiger partial charge in [0.2, 0.25) is 0 Å². The quantitative estimate of drug-likeness (QED) is 0.652. The molecule has 1 heterocycles. The minimum Gasteiger partial charge on any atom is -0.459 e. The molecule has 1 aliphatic rings. The Bertz CT molecular complexity index is 416. The number of thiol groups is 1. The third-order valence-electron chi connectivity index (χ3n) is 2.62. The molecule has 92 valence electrons. The second-order valence-electron chi connectivity index (χ2n) is 3.88. The van der Waals surface area contributed by atoms with E-state index in [1.165, 1.54) is 18.2 Å². The molecule has 0 unspecified atom stereocenters. The molecule has 0 aliphatic carbocycles. The summed E-state index contributed by atoms with van der Waals surface area (Å²) in [7, 11) is 0. The summed E-state index contributed by atoms with van der Waals surface area (Å²) in [6, 6.07) is 3.99. The van der Waals surface area contributed by atoms with Crippen molar-refractivity contribution in [1.29, 1.82) is 0 Å². The second-order valence-corrected chi connectivity index (χ2v) is 4.37. The number of benzene rings is 1. The van der Waals surface area contributed by atoms with E-state index in [0.717, 1.165) is 0 Å². The fraction of sp³-hybridized carbons (Fsp3) is 0.417. The highest BCUT2D eigenvalue weighted by atomic mass is 32.1. The van der Waals surface area contributed by atoms with E-state index in [4.69, 9.17) is 9.47 Å². The molecule has 0 N–H and O–H groups in total. The van der Waals surface area contributed by atoms with Crippen molar-refractivity contribution in [2.24, 2.45) is 0 Å². The van der Waals surface area contributed by atoms with E-state index in [2.05, 4.69) is 12.6 Å². The molecule has 0 atom stereocenters. The lowest BCUT2D eigenvalue weighted by atomic mass is 10.1. The SMILES string of the molecule is O=C(OC1CCOCC1)c1ccc(F)c(S)c1. The minimum absolute atomic E-state index is 0.107. The molecule has 2 rings (SSSR count). The third-order valence-corrected chi connectivity index (χ3v) is 2.97. The Labute approximate surface area is 104 Å². The summed E-state index contributed by atoms with van der Waals surface area (Å²) in [5.41, 5.74) is 0.322. The molecule has 17 heavy (non-hydrogen) atoms. The summed E-state index contributed by atoms with van der Waals surface area (Å²) in [5.74, 6) is -0.886. The van der Waals surface area contributed by atoms with Gasteiger partial charge in [0.15, 0.2) is 0 Å². The maximum atomic E-state index is 13.0. The molecule has 0 saturated carbocycles. The average Bonchev–Trinajstić information content (AvgIpc) is 2.34. The monoisotopic (exact) mass is 256 g/mol. The highest BCUT2D eigenvalue weighted by molar-refractivity contribution is 7.80. The summed E-state index contributed by atoms with van der Waals surface area (Å²) in [6.45, 7) is 1.22. The lowest BCUT2D eigenvalue weighted by Crippen LogP contribution is -2.26. The molecule has 3 nitrogen and oxygen atoms in total. The molecule has 1 aliphatic heterocycles. The lowest BCUT2D eigenvalue weighted by molar-refractivity contribution is -0.0159. The zero-order valence-corrected chi connectivity index (χ0v) is 10.1. The molecule has 0 spiro atoms. The number of hydrogen-bond acceptors (Lipinski definition) is 4. The Morgan fingerprint density at radius 3 is 2.76 bits per heavy atom. The fourth-order valence-electron chi connectivity index (χ4n) is 1.65. The van der Waals surface area contributed by atoms with E-state index in [1.54, 1.807) is 0 Å². The van der Waals surface area contributed by atoms with Gasteiger partial charge in [-0.15, -0.1) is 12.6 Å². The summed E-state index contributed by atoms with van der Waals surface area (Å²) >= 11 is 3.93. The van der Waals surface area contributed by atoms with Crippen LogP contribution in [-0.4, -0.2) is 25.3 Å². The van der Waals surface area contributed by atoms with Crippen LogP contribution in [0, 0.1) is 5.82 Å². The maximum absolute atomic E-state index is 13.0. The van der Waals surface area contributed by atoms with Gasteiger partial charge in [-0.3, -0.25) is 0 Å². The van der Waals surface area contributed by atoms with Crippen molar-refractivity contribution < 1.29 is 18.7 Å². The van der Waals surface area contributed by atoms with Crippen LogP contribution in [0.25, 0.3) is 0 Å². The molecule has 1 fully saturated rings. The Morgan fingerprint density at radius 1 is 1.41 bits per heavy atom. The van der Waals surface area contributed by atoms with E-state index in [1.807, 2.05) is 0 Å². The van der Waals surface area contributed by atoms with Crippen LogP contribution in [0.4, 0.5) is 4.39 Å². The second kappa shape index (κ2) is 5.51. The van der Waals surface area contributed by atoms with Crippen molar-refractivity contribution in [3.05, 3.63) is 29.6 Å². The van der Waals surface area contributed by atoms with Gasteiger partial charge in [-0.25, -0.2) is 9.18 Å². The van der Waals surface area contributed by atoms with Crippen LogP contribution in [0.3, 0.4) is 0 Å². The first kappa shape index (κ1) is 12.4.